The zero-order chi connectivity index (χ0) is 11.7. The average Bonchev–Trinajstić information content (AvgIpc) is 2.17. The molecule has 3 rings (SSSR count). The lowest BCUT2D eigenvalue weighted by Gasteiger charge is -2.31. The van der Waals surface area contributed by atoms with Gasteiger partial charge < -0.3 is 0 Å². The predicted octanol–water partition coefficient (Wildman–Crippen LogP) is 4.61. The molecule has 0 unspecified atom stereocenters. The number of aliphatic imine (C=N–C) groups is 1. The van der Waals surface area contributed by atoms with Crippen LogP contribution < -0.4 is 0 Å². The van der Waals surface area contributed by atoms with Crippen LogP contribution in [-0.2, 0) is 0 Å². The Bertz CT molecular complexity index is 432. The molecular weight excluding hydrogens is 208 g/mol. The molecule has 2 nitrogen and oxygen atoms in total. The van der Waals surface area contributed by atoms with Gasteiger partial charge in [-0.3, -0.25) is 0 Å². The third-order valence-electron chi connectivity index (χ3n) is 4.36. The van der Waals surface area contributed by atoms with E-state index in [2.05, 4.69) is 29.2 Å². The third-order valence-corrected chi connectivity index (χ3v) is 4.36. The van der Waals surface area contributed by atoms with Crippen molar-refractivity contribution in [1.29, 1.82) is 5.41 Å². The quantitative estimate of drug-likeness (QED) is 0.731. The minimum absolute atomic E-state index is 0.683. The topological polar surface area (TPSA) is 36.2 Å². The highest BCUT2D eigenvalue weighted by Crippen LogP contribution is 2.47. The Kier molecular flexibility index (Phi) is 2.82. The van der Waals surface area contributed by atoms with E-state index in [-0.39, 0.29) is 0 Å². The molecule has 0 radical (unpaired) electrons. The number of hydrogen-bond donors (Lipinski definition) is 1. The van der Waals surface area contributed by atoms with Gasteiger partial charge in [0.25, 0.3) is 0 Å². The molecule has 0 aromatic heterocycles. The van der Waals surface area contributed by atoms with Gasteiger partial charge in [0, 0.05) is 0 Å². The Morgan fingerprint density at radius 1 is 1.00 bits per heavy atom. The molecule has 17 heavy (non-hydrogen) atoms. The van der Waals surface area contributed by atoms with Crippen LogP contribution in [0.1, 0.15) is 61.5 Å². The predicted molar refractivity (Wildman–Crippen MR) is 69.4 cm³/mol. The second kappa shape index (κ2) is 4.46. The molecule has 88 valence electrons. The minimum atomic E-state index is 0.683. The van der Waals surface area contributed by atoms with Crippen LogP contribution in [0.15, 0.2) is 23.2 Å². The van der Waals surface area contributed by atoms with Crippen LogP contribution in [0.25, 0.3) is 0 Å². The van der Waals surface area contributed by atoms with Gasteiger partial charge in [-0.1, -0.05) is 31.0 Å². The summed E-state index contributed by atoms with van der Waals surface area (Å²) in [4.78, 5) is 4.23. The Balaban J connectivity index is 2.04. The molecule has 2 heteroatoms. The molecule has 2 fully saturated rings. The molecule has 1 N–H and O–H groups in total. The summed E-state index contributed by atoms with van der Waals surface area (Å²) >= 11 is 0. The minimum Gasteiger partial charge on any atom is -0.241 e. The first-order valence-electron chi connectivity index (χ1n) is 6.65. The van der Waals surface area contributed by atoms with Crippen molar-refractivity contribution in [3.8, 4) is 0 Å². The Labute approximate surface area is 102 Å². The summed E-state index contributed by atoms with van der Waals surface area (Å²) in [7, 11) is 0. The van der Waals surface area contributed by atoms with Gasteiger partial charge in [-0.25, -0.2) is 5.41 Å². The summed E-state index contributed by atoms with van der Waals surface area (Å²) < 4.78 is 0. The van der Waals surface area contributed by atoms with E-state index in [1.165, 1.54) is 49.7 Å². The molecule has 1 aromatic rings. The molecule has 1 aromatic carbocycles. The van der Waals surface area contributed by atoms with Gasteiger partial charge in [0.1, 0.15) is 0 Å². The molecule has 0 bridgehead atoms. The van der Waals surface area contributed by atoms with Gasteiger partial charge >= 0.3 is 0 Å². The number of hydrogen-bond acceptors (Lipinski definition) is 2. The van der Waals surface area contributed by atoms with Crippen molar-refractivity contribution < 1.29 is 0 Å². The lowest BCUT2D eigenvalue weighted by atomic mass is 9.74. The van der Waals surface area contributed by atoms with Crippen molar-refractivity contribution in [2.24, 2.45) is 4.99 Å². The maximum atomic E-state index is 7.15. The Morgan fingerprint density at radius 3 is 1.88 bits per heavy atom. The molecule has 0 amide bonds. The highest BCUT2D eigenvalue weighted by Gasteiger charge is 2.27. The van der Waals surface area contributed by atoms with Crippen molar-refractivity contribution in [2.75, 3.05) is 0 Å². The number of nitrogens with one attached hydrogen (secondary N) is 1. The molecule has 2 saturated carbocycles. The fourth-order valence-corrected chi connectivity index (χ4v) is 2.86. The summed E-state index contributed by atoms with van der Waals surface area (Å²) in [5.74, 6) is 1.37. The van der Waals surface area contributed by atoms with E-state index in [1.54, 1.807) is 0 Å². The summed E-state index contributed by atoms with van der Waals surface area (Å²) in [6.07, 6.45) is 7.82. The Morgan fingerprint density at radius 2 is 1.53 bits per heavy atom. The molecule has 0 atom stereocenters. The van der Waals surface area contributed by atoms with Gasteiger partial charge in [-0.2, -0.15) is 4.99 Å². The van der Waals surface area contributed by atoms with Gasteiger partial charge in [0.05, 0.1) is 11.7 Å². The maximum Gasteiger partial charge on any atom is 0.0918 e. The lowest BCUT2D eigenvalue weighted by Crippen LogP contribution is -2.13. The standard InChI is InChI=1S/C15H18N2/c16-10-17-15-13(11-4-1-5-11)8-3-9-14(15)12-6-2-7-12/h3,8-9,11-12,16H,1-2,4-7H2. The van der Waals surface area contributed by atoms with E-state index in [4.69, 9.17) is 5.41 Å². The zero-order valence-corrected chi connectivity index (χ0v) is 10.1. The van der Waals surface area contributed by atoms with Crippen LogP contribution in [0.2, 0.25) is 0 Å². The Hall–Kier alpha value is -1.40. The first kappa shape index (κ1) is 10.7. The largest absolute Gasteiger partial charge is 0.241 e. The second-order valence-corrected chi connectivity index (χ2v) is 5.26. The maximum absolute atomic E-state index is 7.15. The summed E-state index contributed by atoms with van der Waals surface area (Å²) in [6.45, 7) is 0. The van der Waals surface area contributed by atoms with Crippen molar-refractivity contribution in [3.05, 3.63) is 29.3 Å². The van der Waals surface area contributed by atoms with Gasteiger partial charge in [0.15, 0.2) is 0 Å². The number of rotatable bonds is 3. The molecule has 0 spiro atoms. The monoisotopic (exact) mass is 226 g/mol. The molecule has 0 saturated heterocycles. The van der Waals surface area contributed by atoms with Crippen molar-refractivity contribution in [3.63, 3.8) is 0 Å². The van der Waals surface area contributed by atoms with Gasteiger partial charge in [-0.05, 0) is 48.6 Å². The van der Waals surface area contributed by atoms with E-state index < -0.39 is 0 Å². The average molecular weight is 226 g/mol. The van der Waals surface area contributed by atoms with Gasteiger partial charge in [-0.15, -0.1) is 0 Å². The molecule has 2 aliphatic rings. The number of para-hydroxylation sites is 1. The molecule has 0 aliphatic heterocycles. The number of benzene rings is 1. The van der Waals surface area contributed by atoms with Crippen LogP contribution >= 0.6 is 0 Å². The van der Waals surface area contributed by atoms with Crippen LogP contribution in [-0.4, -0.2) is 6.01 Å². The molecule has 0 heterocycles. The fraction of sp³-hybridized carbons (Fsp3) is 0.533. The highest BCUT2D eigenvalue weighted by molar-refractivity contribution is 5.62. The van der Waals surface area contributed by atoms with Crippen LogP contribution in [0, 0.1) is 5.41 Å². The second-order valence-electron chi connectivity index (χ2n) is 5.26. The zero-order valence-electron chi connectivity index (χ0n) is 10.1. The van der Waals surface area contributed by atoms with E-state index in [0.29, 0.717) is 11.8 Å². The molecular formula is C15H18N2. The van der Waals surface area contributed by atoms with Crippen molar-refractivity contribution >= 4 is 11.7 Å². The van der Waals surface area contributed by atoms with Crippen molar-refractivity contribution in [1.82, 2.24) is 0 Å². The lowest BCUT2D eigenvalue weighted by molar-refractivity contribution is 0.411. The van der Waals surface area contributed by atoms with Crippen LogP contribution in [0.3, 0.4) is 0 Å². The molecule has 2 aliphatic carbocycles. The fourth-order valence-electron chi connectivity index (χ4n) is 2.86. The van der Waals surface area contributed by atoms with Crippen molar-refractivity contribution in [2.45, 2.75) is 50.4 Å². The SMILES string of the molecule is N=C=Nc1c(C2CCC2)cccc1C1CCC1. The highest BCUT2D eigenvalue weighted by atomic mass is 14.8. The first-order valence-corrected chi connectivity index (χ1v) is 6.65. The van der Waals surface area contributed by atoms with E-state index in [9.17, 15) is 0 Å². The third kappa shape index (κ3) is 1.83. The van der Waals surface area contributed by atoms with Gasteiger partial charge in [0.2, 0.25) is 0 Å². The normalized spacial score (nSPS) is 20.2. The van der Waals surface area contributed by atoms with E-state index in [0.717, 1.165) is 5.69 Å². The smallest absolute Gasteiger partial charge is 0.0918 e. The van der Waals surface area contributed by atoms with E-state index in [1.807, 2.05) is 0 Å². The van der Waals surface area contributed by atoms with Crippen LogP contribution in [0.4, 0.5) is 5.69 Å². The van der Waals surface area contributed by atoms with Crippen LogP contribution in [0.5, 0.6) is 0 Å². The number of nitrogens with zero attached hydrogens (tertiary/aromatic N) is 1. The summed E-state index contributed by atoms with van der Waals surface area (Å²) in [6, 6.07) is 8.81. The van der Waals surface area contributed by atoms with E-state index >= 15 is 0 Å². The summed E-state index contributed by atoms with van der Waals surface area (Å²) in [5, 5.41) is 7.15. The summed E-state index contributed by atoms with van der Waals surface area (Å²) in [5.41, 5.74) is 3.79. The first-order chi connectivity index (χ1) is 8.40.